The maximum absolute atomic E-state index is 12.4. The van der Waals surface area contributed by atoms with Gasteiger partial charge in [0.15, 0.2) is 0 Å². The quantitative estimate of drug-likeness (QED) is 0.935. The molecule has 0 heterocycles. The summed E-state index contributed by atoms with van der Waals surface area (Å²) in [7, 11) is 1.61. The van der Waals surface area contributed by atoms with Crippen molar-refractivity contribution >= 4 is 5.91 Å². The molecule has 1 atom stereocenters. The standard InChI is InChI=1S/C18H19NO2/c1-21-15-9-4-8-14(12-15)18(20)19-17-11-5-7-13-6-2-3-10-16(13)17/h2-4,6,8-10,12,17H,5,7,11H2,1H3,(H,19,20)/t17-/m1/s1. The number of aryl methyl sites for hydroxylation is 1. The van der Waals surface area contributed by atoms with E-state index in [0.29, 0.717) is 11.3 Å². The highest BCUT2D eigenvalue weighted by molar-refractivity contribution is 5.94. The van der Waals surface area contributed by atoms with Crippen molar-refractivity contribution < 1.29 is 9.53 Å². The summed E-state index contributed by atoms with van der Waals surface area (Å²) < 4.78 is 5.17. The van der Waals surface area contributed by atoms with Crippen molar-refractivity contribution in [3.05, 3.63) is 65.2 Å². The highest BCUT2D eigenvalue weighted by Gasteiger charge is 2.21. The molecule has 1 aliphatic carbocycles. The number of rotatable bonds is 3. The Kier molecular flexibility index (Phi) is 3.91. The van der Waals surface area contributed by atoms with Crippen LogP contribution < -0.4 is 10.1 Å². The summed E-state index contributed by atoms with van der Waals surface area (Å²) in [6.45, 7) is 0. The number of hydrogen-bond acceptors (Lipinski definition) is 2. The highest BCUT2D eigenvalue weighted by Crippen LogP contribution is 2.29. The minimum absolute atomic E-state index is 0.0457. The fourth-order valence-electron chi connectivity index (χ4n) is 2.91. The van der Waals surface area contributed by atoms with Gasteiger partial charge in [0.1, 0.15) is 5.75 Å². The van der Waals surface area contributed by atoms with Gasteiger partial charge in [-0.15, -0.1) is 0 Å². The van der Waals surface area contributed by atoms with Crippen molar-refractivity contribution in [2.24, 2.45) is 0 Å². The van der Waals surface area contributed by atoms with Crippen molar-refractivity contribution in [1.82, 2.24) is 5.32 Å². The Balaban J connectivity index is 1.79. The van der Waals surface area contributed by atoms with E-state index in [0.717, 1.165) is 19.3 Å². The number of carbonyl (C=O) groups is 1. The number of hydrogen-bond donors (Lipinski definition) is 1. The molecular formula is C18H19NO2. The van der Waals surface area contributed by atoms with Gasteiger partial charge in [-0.1, -0.05) is 30.3 Å². The molecule has 3 heteroatoms. The lowest BCUT2D eigenvalue weighted by Gasteiger charge is -2.26. The first-order valence-electron chi connectivity index (χ1n) is 7.30. The van der Waals surface area contributed by atoms with Crippen LogP contribution in [0, 0.1) is 0 Å². The molecule has 1 N–H and O–H groups in total. The third-order valence-electron chi connectivity index (χ3n) is 4.01. The molecule has 0 bridgehead atoms. The Bertz CT molecular complexity index is 651. The summed E-state index contributed by atoms with van der Waals surface area (Å²) in [6.07, 6.45) is 3.20. The summed E-state index contributed by atoms with van der Waals surface area (Å²) in [5.41, 5.74) is 3.23. The van der Waals surface area contributed by atoms with Crippen molar-refractivity contribution in [3.8, 4) is 5.75 Å². The van der Waals surface area contributed by atoms with Crippen molar-refractivity contribution in [2.45, 2.75) is 25.3 Å². The number of amides is 1. The first-order valence-corrected chi connectivity index (χ1v) is 7.30. The summed E-state index contributed by atoms with van der Waals surface area (Å²) in [5.74, 6) is 0.655. The first kappa shape index (κ1) is 13.7. The van der Waals surface area contributed by atoms with Crippen LogP contribution in [0.25, 0.3) is 0 Å². The van der Waals surface area contributed by atoms with Crippen LogP contribution >= 0.6 is 0 Å². The average Bonchev–Trinajstić information content (AvgIpc) is 2.55. The molecule has 2 aromatic carbocycles. The van der Waals surface area contributed by atoms with Crippen LogP contribution in [0.3, 0.4) is 0 Å². The molecule has 0 fully saturated rings. The van der Waals surface area contributed by atoms with Gasteiger partial charge in [-0.05, 0) is 48.6 Å². The zero-order valence-corrected chi connectivity index (χ0v) is 12.1. The van der Waals surface area contributed by atoms with Crippen LogP contribution in [0.1, 0.15) is 40.4 Å². The van der Waals surface area contributed by atoms with E-state index in [-0.39, 0.29) is 11.9 Å². The van der Waals surface area contributed by atoms with Crippen LogP contribution in [-0.2, 0) is 6.42 Å². The lowest BCUT2D eigenvalue weighted by Crippen LogP contribution is -2.30. The summed E-state index contributed by atoms with van der Waals surface area (Å²) in [6, 6.07) is 15.7. The van der Waals surface area contributed by atoms with Crippen molar-refractivity contribution in [3.63, 3.8) is 0 Å². The minimum atomic E-state index is -0.0457. The van der Waals surface area contributed by atoms with Gasteiger partial charge in [-0.2, -0.15) is 0 Å². The number of nitrogens with one attached hydrogen (secondary N) is 1. The Morgan fingerprint density at radius 1 is 1.19 bits per heavy atom. The van der Waals surface area contributed by atoms with Gasteiger partial charge >= 0.3 is 0 Å². The lowest BCUT2D eigenvalue weighted by atomic mass is 9.87. The van der Waals surface area contributed by atoms with E-state index in [4.69, 9.17) is 4.74 Å². The Labute approximate surface area is 124 Å². The molecule has 3 nitrogen and oxygen atoms in total. The Morgan fingerprint density at radius 2 is 2.05 bits per heavy atom. The molecule has 3 rings (SSSR count). The molecule has 1 aliphatic rings. The molecular weight excluding hydrogens is 262 g/mol. The number of methoxy groups -OCH3 is 1. The predicted octanol–water partition coefficient (Wildman–Crippen LogP) is 3.50. The van der Waals surface area contributed by atoms with Crippen LogP contribution in [0.5, 0.6) is 5.75 Å². The van der Waals surface area contributed by atoms with Gasteiger partial charge in [0.2, 0.25) is 0 Å². The highest BCUT2D eigenvalue weighted by atomic mass is 16.5. The zero-order chi connectivity index (χ0) is 14.7. The second-order valence-electron chi connectivity index (χ2n) is 5.35. The van der Waals surface area contributed by atoms with E-state index in [2.05, 4.69) is 23.5 Å². The van der Waals surface area contributed by atoms with Crippen molar-refractivity contribution in [1.29, 1.82) is 0 Å². The zero-order valence-electron chi connectivity index (χ0n) is 12.1. The average molecular weight is 281 g/mol. The SMILES string of the molecule is COc1cccc(C(=O)N[C@@H]2CCCc3ccccc32)c1. The molecule has 0 unspecified atom stereocenters. The van der Waals surface area contributed by atoms with Gasteiger partial charge < -0.3 is 10.1 Å². The van der Waals surface area contributed by atoms with Gasteiger partial charge in [-0.3, -0.25) is 4.79 Å². The van der Waals surface area contributed by atoms with Gasteiger partial charge in [0.25, 0.3) is 5.91 Å². The van der Waals surface area contributed by atoms with Gasteiger partial charge in [0.05, 0.1) is 13.2 Å². The van der Waals surface area contributed by atoms with Crippen LogP contribution in [0.2, 0.25) is 0 Å². The maximum Gasteiger partial charge on any atom is 0.251 e. The molecule has 0 spiro atoms. The fraction of sp³-hybridized carbons (Fsp3) is 0.278. The number of carbonyl (C=O) groups excluding carboxylic acids is 1. The monoisotopic (exact) mass is 281 g/mol. The van der Waals surface area contributed by atoms with Crippen LogP contribution in [0.4, 0.5) is 0 Å². The van der Waals surface area contributed by atoms with Gasteiger partial charge in [-0.25, -0.2) is 0 Å². The molecule has 1 amide bonds. The van der Waals surface area contributed by atoms with E-state index >= 15 is 0 Å². The summed E-state index contributed by atoms with van der Waals surface area (Å²) in [5, 5.41) is 3.15. The fourth-order valence-corrected chi connectivity index (χ4v) is 2.91. The Hall–Kier alpha value is -2.29. The summed E-state index contributed by atoms with van der Waals surface area (Å²) in [4.78, 5) is 12.4. The van der Waals surface area contributed by atoms with Crippen LogP contribution in [-0.4, -0.2) is 13.0 Å². The molecule has 0 aromatic heterocycles. The minimum Gasteiger partial charge on any atom is -0.497 e. The molecule has 0 aliphatic heterocycles. The third kappa shape index (κ3) is 2.92. The first-order chi connectivity index (χ1) is 10.3. The molecule has 21 heavy (non-hydrogen) atoms. The largest absolute Gasteiger partial charge is 0.497 e. The van der Waals surface area contributed by atoms with Gasteiger partial charge in [0, 0.05) is 5.56 Å². The summed E-state index contributed by atoms with van der Waals surface area (Å²) >= 11 is 0. The van der Waals surface area contributed by atoms with E-state index < -0.39 is 0 Å². The van der Waals surface area contributed by atoms with Crippen molar-refractivity contribution in [2.75, 3.05) is 7.11 Å². The normalized spacial score (nSPS) is 16.9. The molecule has 108 valence electrons. The topological polar surface area (TPSA) is 38.3 Å². The second-order valence-corrected chi connectivity index (χ2v) is 5.35. The third-order valence-corrected chi connectivity index (χ3v) is 4.01. The predicted molar refractivity (Wildman–Crippen MR) is 82.6 cm³/mol. The van der Waals surface area contributed by atoms with Crippen LogP contribution in [0.15, 0.2) is 48.5 Å². The van der Waals surface area contributed by atoms with E-state index in [1.807, 2.05) is 24.3 Å². The van der Waals surface area contributed by atoms with E-state index in [1.54, 1.807) is 13.2 Å². The lowest BCUT2D eigenvalue weighted by molar-refractivity contribution is 0.0932. The molecule has 0 radical (unpaired) electrons. The number of fused-ring (bicyclic) bond motifs is 1. The molecule has 0 saturated carbocycles. The van der Waals surface area contributed by atoms with E-state index in [1.165, 1.54) is 11.1 Å². The molecule has 0 saturated heterocycles. The van der Waals surface area contributed by atoms with E-state index in [9.17, 15) is 4.79 Å². The second kappa shape index (κ2) is 6.00. The maximum atomic E-state index is 12.4. The number of benzene rings is 2. The Morgan fingerprint density at radius 3 is 2.90 bits per heavy atom. The smallest absolute Gasteiger partial charge is 0.251 e. The number of ether oxygens (including phenoxy) is 1. The molecule has 2 aromatic rings.